The maximum absolute atomic E-state index is 5.74. The van der Waals surface area contributed by atoms with Gasteiger partial charge in [0.25, 0.3) is 0 Å². The van der Waals surface area contributed by atoms with Crippen molar-refractivity contribution in [3.63, 3.8) is 0 Å². The zero-order valence-corrected chi connectivity index (χ0v) is 9.73. The van der Waals surface area contributed by atoms with E-state index in [1.54, 1.807) is 6.26 Å². The van der Waals surface area contributed by atoms with Gasteiger partial charge in [-0.1, -0.05) is 43.7 Å². The van der Waals surface area contributed by atoms with Gasteiger partial charge in [-0.2, -0.15) is 0 Å². The molecule has 1 aromatic heterocycles. The molecule has 2 heteroatoms. The van der Waals surface area contributed by atoms with Crippen LogP contribution in [0.25, 0.3) is 17.0 Å². The van der Waals surface area contributed by atoms with E-state index in [0.717, 1.165) is 16.5 Å². The molecule has 2 rings (SSSR count). The van der Waals surface area contributed by atoms with E-state index in [0.29, 0.717) is 12.5 Å². The van der Waals surface area contributed by atoms with E-state index in [9.17, 15) is 0 Å². The van der Waals surface area contributed by atoms with E-state index in [2.05, 4.69) is 26.0 Å². The summed E-state index contributed by atoms with van der Waals surface area (Å²) in [6, 6.07) is 8.04. The highest BCUT2D eigenvalue weighted by atomic mass is 16.3. The SMILES string of the molecule is CC(C)/C(=C/c1coc2ccccc12)CN. The van der Waals surface area contributed by atoms with E-state index >= 15 is 0 Å². The summed E-state index contributed by atoms with van der Waals surface area (Å²) in [5.41, 5.74) is 9.02. The van der Waals surface area contributed by atoms with Gasteiger partial charge in [-0.05, 0) is 12.0 Å². The lowest BCUT2D eigenvalue weighted by Gasteiger charge is -2.07. The van der Waals surface area contributed by atoms with E-state index in [-0.39, 0.29) is 0 Å². The van der Waals surface area contributed by atoms with E-state index in [4.69, 9.17) is 10.2 Å². The Labute approximate surface area is 95.7 Å². The standard InChI is InChI=1S/C14H17NO/c1-10(2)11(8-15)7-12-9-16-14-6-4-3-5-13(12)14/h3-7,9-10H,8,15H2,1-2H3/b11-7+. The van der Waals surface area contributed by atoms with E-state index < -0.39 is 0 Å². The highest BCUT2D eigenvalue weighted by Gasteiger charge is 2.05. The van der Waals surface area contributed by atoms with Crippen molar-refractivity contribution in [1.82, 2.24) is 0 Å². The minimum absolute atomic E-state index is 0.471. The Bertz CT molecular complexity index is 508. The summed E-state index contributed by atoms with van der Waals surface area (Å²) < 4.78 is 5.49. The van der Waals surface area contributed by atoms with Crippen molar-refractivity contribution in [1.29, 1.82) is 0 Å². The average Bonchev–Trinajstić information content (AvgIpc) is 2.69. The molecule has 2 aromatic rings. The first-order valence-corrected chi connectivity index (χ1v) is 5.59. The first kappa shape index (κ1) is 11.0. The van der Waals surface area contributed by atoms with Gasteiger partial charge in [0, 0.05) is 17.5 Å². The number of nitrogens with two attached hydrogens (primary N) is 1. The summed E-state index contributed by atoms with van der Waals surface area (Å²) >= 11 is 0. The fraction of sp³-hybridized carbons (Fsp3) is 0.286. The third kappa shape index (κ3) is 2.02. The lowest BCUT2D eigenvalue weighted by molar-refractivity contribution is 0.615. The zero-order chi connectivity index (χ0) is 11.5. The molecule has 0 atom stereocenters. The molecule has 16 heavy (non-hydrogen) atoms. The molecular weight excluding hydrogens is 198 g/mol. The fourth-order valence-electron chi connectivity index (χ4n) is 1.77. The summed E-state index contributed by atoms with van der Waals surface area (Å²) in [6.45, 7) is 4.90. The van der Waals surface area contributed by atoms with E-state index in [1.807, 2.05) is 18.2 Å². The molecule has 0 aliphatic heterocycles. The molecule has 0 radical (unpaired) electrons. The first-order valence-electron chi connectivity index (χ1n) is 5.59. The molecule has 0 fully saturated rings. The Morgan fingerprint density at radius 3 is 2.81 bits per heavy atom. The summed E-state index contributed by atoms with van der Waals surface area (Å²) in [5, 5.41) is 1.15. The maximum atomic E-state index is 5.74. The Balaban J connectivity index is 2.48. The summed E-state index contributed by atoms with van der Waals surface area (Å²) in [5.74, 6) is 0.471. The van der Waals surface area contributed by atoms with Gasteiger partial charge in [-0.25, -0.2) is 0 Å². The Kier molecular flexibility index (Phi) is 3.11. The predicted molar refractivity (Wildman–Crippen MR) is 68.1 cm³/mol. The van der Waals surface area contributed by atoms with Crippen molar-refractivity contribution in [3.05, 3.63) is 41.7 Å². The van der Waals surface area contributed by atoms with Crippen LogP contribution in [0.2, 0.25) is 0 Å². The molecule has 2 nitrogen and oxygen atoms in total. The third-order valence-electron chi connectivity index (χ3n) is 2.83. The van der Waals surface area contributed by atoms with Crippen molar-refractivity contribution in [2.75, 3.05) is 6.54 Å². The van der Waals surface area contributed by atoms with Gasteiger partial charge in [0.1, 0.15) is 5.58 Å². The lowest BCUT2D eigenvalue weighted by Crippen LogP contribution is -2.07. The molecule has 1 aromatic carbocycles. The van der Waals surface area contributed by atoms with Gasteiger partial charge < -0.3 is 10.2 Å². The van der Waals surface area contributed by atoms with Crippen LogP contribution >= 0.6 is 0 Å². The molecule has 0 spiro atoms. The molecule has 0 amide bonds. The molecule has 0 aliphatic rings. The second kappa shape index (κ2) is 4.54. The molecule has 2 N–H and O–H groups in total. The second-order valence-electron chi connectivity index (χ2n) is 4.27. The normalized spacial score (nSPS) is 12.6. The molecule has 0 aliphatic carbocycles. The van der Waals surface area contributed by atoms with Crippen molar-refractivity contribution in [3.8, 4) is 0 Å². The lowest BCUT2D eigenvalue weighted by atomic mass is 10.0. The van der Waals surface area contributed by atoms with Crippen LogP contribution in [0.3, 0.4) is 0 Å². The minimum Gasteiger partial charge on any atom is -0.464 e. The summed E-state index contributed by atoms with van der Waals surface area (Å²) in [7, 11) is 0. The minimum atomic E-state index is 0.471. The topological polar surface area (TPSA) is 39.2 Å². The second-order valence-corrected chi connectivity index (χ2v) is 4.27. The highest BCUT2D eigenvalue weighted by molar-refractivity contribution is 5.87. The third-order valence-corrected chi connectivity index (χ3v) is 2.83. The quantitative estimate of drug-likeness (QED) is 0.852. The van der Waals surface area contributed by atoms with Crippen molar-refractivity contribution in [2.24, 2.45) is 11.7 Å². The molecule has 0 saturated carbocycles. The predicted octanol–water partition coefficient (Wildman–Crippen LogP) is 3.43. The molecular formula is C14H17NO. The van der Waals surface area contributed by atoms with E-state index in [1.165, 1.54) is 5.57 Å². The number of rotatable bonds is 3. The van der Waals surface area contributed by atoms with Crippen LogP contribution in [0.4, 0.5) is 0 Å². The number of hydrogen-bond donors (Lipinski definition) is 1. The first-order chi connectivity index (χ1) is 7.72. The Hall–Kier alpha value is -1.54. The van der Waals surface area contributed by atoms with Crippen LogP contribution in [0, 0.1) is 5.92 Å². The number of para-hydroxylation sites is 1. The summed E-state index contributed by atoms with van der Waals surface area (Å²) in [6.07, 6.45) is 3.93. The van der Waals surface area contributed by atoms with Gasteiger partial charge in [0.2, 0.25) is 0 Å². The van der Waals surface area contributed by atoms with Crippen molar-refractivity contribution < 1.29 is 4.42 Å². The monoisotopic (exact) mass is 215 g/mol. The maximum Gasteiger partial charge on any atom is 0.134 e. The molecule has 1 heterocycles. The number of benzene rings is 1. The van der Waals surface area contributed by atoms with Crippen LogP contribution in [-0.2, 0) is 0 Å². The van der Waals surface area contributed by atoms with Crippen LogP contribution in [-0.4, -0.2) is 6.54 Å². The number of furan rings is 1. The zero-order valence-electron chi connectivity index (χ0n) is 9.73. The van der Waals surface area contributed by atoms with Crippen LogP contribution < -0.4 is 5.73 Å². The van der Waals surface area contributed by atoms with Gasteiger partial charge in [-0.15, -0.1) is 0 Å². The molecule has 84 valence electrons. The highest BCUT2D eigenvalue weighted by Crippen LogP contribution is 2.24. The fourth-order valence-corrected chi connectivity index (χ4v) is 1.77. The van der Waals surface area contributed by atoms with Crippen LogP contribution in [0.15, 0.2) is 40.5 Å². The Morgan fingerprint density at radius 2 is 2.12 bits per heavy atom. The molecule has 0 saturated heterocycles. The van der Waals surface area contributed by atoms with Crippen LogP contribution in [0.5, 0.6) is 0 Å². The molecule has 0 bridgehead atoms. The largest absolute Gasteiger partial charge is 0.464 e. The Morgan fingerprint density at radius 1 is 1.38 bits per heavy atom. The molecule has 0 unspecified atom stereocenters. The van der Waals surface area contributed by atoms with Crippen LogP contribution in [0.1, 0.15) is 19.4 Å². The van der Waals surface area contributed by atoms with Gasteiger partial charge in [0.05, 0.1) is 6.26 Å². The van der Waals surface area contributed by atoms with Crippen molar-refractivity contribution in [2.45, 2.75) is 13.8 Å². The smallest absolute Gasteiger partial charge is 0.134 e. The average molecular weight is 215 g/mol. The van der Waals surface area contributed by atoms with Gasteiger partial charge in [-0.3, -0.25) is 0 Å². The summed E-state index contributed by atoms with van der Waals surface area (Å²) in [4.78, 5) is 0. The number of hydrogen-bond acceptors (Lipinski definition) is 2. The number of fused-ring (bicyclic) bond motifs is 1. The van der Waals surface area contributed by atoms with Gasteiger partial charge in [0.15, 0.2) is 0 Å². The van der Waals surface area contributed by atoms with Gasteiger partial charge >= 0.3 is 0 Å². The van der Waals surface area contributed by atoms with Crippen molar-refractivity contribution >= 4 is 17.0 Å².